The standard InChI is InChI=1S/C12H17N5/c1-8-5-9(2)11(14-6-8)12(13-3)10-7-15-16-17(10)4/h5-7,12-13H,1-4H3. The molecule has 1 atom stereocenters. The van der Waals surface area contributed by atoms with E-state index >= 15 is 0 Å². The highest BCUT2D eigenvalue weighted by molar-refractivity contribution is 5.30. The van der Waals surface area contributed by atoms with E-state index in [1.807, 2.05) is 27.2 Å². The first-order valence-corrected chi connectivity index (χ1v) is 5.58. The van der Waals surface area contributed by atoms with Crippen molar-refractivity contribution in [2.75, 3.05) is 7.05 Å². The van der Waals surface area contributed by atoms with Gasteiger partial charge in [0.1, 0.15) is 0 Å². The van der Waals surface area contributed by atoms with E-state index in [4.69, 9.17) is 0 Å². The molecule has 0 aliphatic carbocycles. The predicted molar refractivity (Wildman–Crippen MR) is 65.6 cm³/mol. The average molecular weight is 231 g/mol. The summed E-state index contributed by atoms with van der Waals surface area (Å²) in [5.74, 6) is 0. The molecule has 1 N–H and O–H groups in total. The first-order chi connectivity index (χ1) is 8.13. The lowest BCUT2D eigenvalue weighted by molar-refractivity contribution is 0.585. The Bertz CT molecular complexity index is 517. The van der Waals surface area contributed by atoms with E-state index in [2.05, 4.69) is 33.6 Å². The van der Waals surface area contributed by atoms with Crippen molar-refractivity contribution in [2.24, 2.45) is 7.05 Å². The Balaban J connectivity index is 2.46. The monoisotopic (exact) mass is 231 g/mol. The third-order valence-corrected chi connectivity index (χ3v) is 2.86. The molecule has 2 aromatic rings. The number of pyridine rings is 1. The summed E-state index contributed by atoms with van der Waals surface area (Å²) in [5, 5.41) is 11.1. The lowest BCUT2D eigenvalue weighted by Gasteiger charge is -2.17. The highest BCUT2D eigenvalue weighted by Gasteiger charge is 2.19. The van der Waals surface area contributed by atoms with Gasteiger partial charge in [0.25, 0.3) is 0 Å². The SMILES string of the molecule is CNC(c1ncc(C)cc1C)c1cnnn1C. The zero-order valence-corrected chi connectivity index (χ0v) is 10.6. The third kappa shape index (κ3) is 2.19. The van der Waals surface area contributed by atoms with Crippen molar-refractivity contribution >= 4 is 0 Å². The molecule has 0 radical (unpaired) electrons. The van der Waals surface area contributed by atoms with Crippen molar-refractivity contribution in [3.63, 3.8) is 0 Å². The maximum absolute atomic E-state index is 4.51. The van der Waals surface area contributed by atoms with Crippen molar-refractivity contribution in [2.45, 2.75) is 19.9 Å². The smallest absolute Gasteiger partial charge is 0.0938 e. The fourth-order valence-electron chi connectivity index (χ4n) is 2.01. The van der Waals surface area contributed by atoms with E-state index in [1.54, 1.807) is 10.9 Å². The minimum atomic E-state index is 0.0237. The van der Waals surface area contributed by atoms with E-state index in [9.17, 15) is 0 Å². The first-order valence-electron chi connectivity index (χ1n) is 5.58. The van der Waals surface area contributed by atoms with Crippen LogP contribution in [0.3, 0.4) is 0 Å². The fraction of sp³-hybridized carbons (Fsp3) is 0.417. The van der Waals surface area contributed by atoms with Gasteiger partial charge < -0.3 is 5.32 Å². The van der Waals surface area contributed by atoms with E-state index in [0.29, 0.717) is 0 Å². The van der Waals surface area contributed by atoms with E-state index in [0.717, 1.165) is 11.4 Å². The van der Waals surface area contributed by atoms with Gasteiger partial charge in [-0.05, 0) is 32.0 Å². The molecule has 1 unspecified atom stereocenters. The maximum Gasteiger partial charge on any atom is 0.0938 e. The number of aromatic nitrogens is 4. The highest BCUT2D eigenvalue weighted by Crippen LogP contribution is 2.21. The number of rotatable bonds is 3. The summed E-state index contributed by atoms with van der Waals surface area (Å²) in [6.45, 7) is 4.12. The molecule has 2 rings (SSSR count). The summed E-state index contributed by atoms with van der Waals surface area (Å²) in [5.41, 5.74) is 4.37. The van der Waals surface area contributed by atoms with Crippen LogP contribution in [-0.4, -0.2) is 27.0 Å². The molecule has 90 valence electrons. The molecule has 0 aliphatic heterocycles. The van der Waals surface area contributed by atoms with Crippen LogP contribution in [0, 0.1) is 13.8 Å². The molecule has 0 saturated carbocycles. The van der Waals surface area contributed by atoms with Crippen LogP contribution >= 0.6 is 0 Å². The van der Waals surface area contributed by atoms with Gasteiger partial charge in [-0.25, -0.2) is 0 Å². The topological polar surface area (TPSA) is 55.6 Å². The number of nitrogens with one attached hydrogen (secondary N) is 1. The molecule has 0 aliphatic rings. The van der Waals surface area contributed by atoms with Gasteiger partial charge in [0, 0.05) is 13.2 Å². The number of hydrogen-bond acceptors (Lipinski definition) is 4. The quantitative estimate of drug-likeness (QED) is 0.860. The van der Waals surface area contributed by atoms with Crippen molar-refractivity contribution in [1.82, 2.24) is 25.3 Å². The Morgan fingerprint density at radius 1 is 1.29 bits per heavy atom. The van der Waals surface area contributed by atoms with Gasteiger partial charge in [0.05, 0.1) is 23.6 Å². The second-order valence-corrected chi connectivity index (χ2v) is 4.22. The van der Waals surface area contributed by atoms with Crippen LogP contribution < -0.4 is 5.32 Å². The molecule has 0 aromatic carbocycles. The summed E-state index contributed by atoms with van der Waals surface area (Å²) >= 11 is 0. The van der Waals surface area contributed by atoms with Crippen molar-refractivity contribution < 1.29 is 0 Å². The van der Waals surface area contributed by atoms with Crippen LogP contribution in [-0.2, 0) is 7.05 Å². The molecular weight excluding hydrogens is 214 g/mol. The second kappa shape index (κ2) is 4.63. The van der Waals surface area contributed by atoms with Gasteiger partial charge in [-0.15, -0.1) is 5.10 Å². The molecular formula is C12H17N5. The average Bonchev–Trinajstić information content (AvgIpc) is 2.69. The molecule has 5 nitrogen and oxygen atoms in total. The fourth-order valence-corrected chi connectivity index (χ4v) is 2.01. The molecule has 0 spiro atoms. The van der Waals surface area contributed by atoms with Gasteiger partial charge in [-0.3, -0.25) is 9.67 Å². The van der Waals surface area contributed by atoms with Crippen LogP contribution in [0.5, 0.6) is 0 Å². The molecule has 0 amide bonds. The Hall–Kier alpha value is -1.75. The van der Waals surface area contributed by atoms with Crippen LogP contribution in [0.2, 0.25) is 0 Å². The van der Waals surface area contributed by atoms with Crippen LogP contribution in [0.25, 0.3) is 0 Å². The Morgan fingerprint density at radius 2 is 2.06 bits per heavy atom. The Kier molecular flexibility index (Phi) is 3.19. The lowest BCUT2D eigenvalue weighted by atomic mass is 10.0. The third-order valence-electron chi connectivity index (χ3n) is 2.86. The molecule has 2 aromatic heterocycles. The van der Waals surface area contributed by atoms with Crippen LogP contribution in [0.4, 0.5) is 0 Å². The number of aryl methyl sites for hydroxylation is 3. The summed E-state index contributed by atoms with van der Waals surface area (Å²) in [6, 6.07) is 2.16. The van der Waals surface area contributed by atoms with Crippen molar-refractivity contribution in [3.8, 4) is 0 Å². The van der Waals surface area contributed by atoms with Gasteiger partial charge in [-0.2, -0.15) is 0 Å². The van der Waals surface area contributed by atoms with Gasteiger partial charge in [0.2, 0.25) is 0 Å². The maximum atomic E-state index is 4.51. The van der Waals surface area contributed by atoms with E-state index in [1.165, 1.54) is 11.1 Å². The van der Waals surface area contributed by atoms with Crippen LogP contribution in [0.1, 0.15) is 28.6 Å². The van der Waals surface area contributed by atoms with Crippen molar-refractivity contribution in [1.29, 1.82) is 0 Å². The number of nitrogens with zero attached hydrogens (tertiary/aromatic N) is 4. The van der Waals surface area contributed by atoms with Gasteiger partial charge in [0.15, 0.2) is 0 Å². The van der Waals surface area contributed by atoms with Gasteiger partial charge >= 0.3 is 0 Å². The minimum Gasteiger partial charge on any atom is -0.307 e. The minimum absolute atomic E-state index is 0.0237. The first kappa shape index (κ1) is 11.7. The molecule has 0 fully saturated rings. The second-order valence-electron chi connectivity index (χ2n) is 4.22. The summed E-state index contributed by atoms with van der Waals surface area (Å²) in [6.07, 6.45) is 3.65. The lowest BCUT2D eigenvalue weighted by Crippen LogP contribution is -2.22. The summed E-state index contributed by atoms with van der Waals surface area (Å²) in [7, 11) is 3.80. The molecule has 0 saturated heterocycles. The number of hydrogen-bond donors (Lipinski definition) is 1. The molecule has 2 heterocycles. The Labute approximate surface area is 101 Å². The molecule has 5 heteroatoms. The van der Waals surface area contributed by atoms with Gasteiger partial charge in [-0.1, -0.05) is 11.3 Å². The predicted octanol–water partition coefficient (Wildman–Crippen LogP) is 1.14. The largest absolute Gasteiger partial charge is 0.307 e. The highest BCUT2D eigenvalue weighted by atomic mass is 15.4. The van der Waals surface area contributed by atoms with E-state index in [-0.39, 0.29) is 6.04 Å². The zero-order chi connectivity index (χ0) is 12.4. The Morgan fingerprint density at radius 3 is 2.59 bits per heavy atom. The summed E-state index contributed by atoms with van der Waals surface area (Å²) in [4.78, 5) is 4.51. The van der Waals surface area contributed by atoms with Crippen molar-refractivity contribution in [3.05, 3.63) is 41.0 Å². The zero-order valence-electron chi connectivity index (χ0n) is 10.6. The summed E-state index contributed by atoms with van der Waals surface area (Å²) < 4.78 is 1.77. The normalized spacial score (nSPS) is 12.7. The van der Waals surface area contributed by atoms with E-state index < -0.39 is 0 Å². The van der Waals surface area contributed by atoms with Crippen LogP contribution in [0.15, 0.2) is 18.5 Å². The molecule has 17 heavy (non-hydrogen) atoms. The molecule has 0 bridgehead atoms.